The van der Waals surface area contributed by atoms with Gasteiger partial charge in [-0.3, -0.25) is 9.69 Å². The lowest BCUT2D eigenvalue weighted by molar-refractivity contribution is -0.135. The van der Waals surface area contributed by atoms with Crippen LogP contribution in [0.1, 0.15) is 5.69 Å². The Morgan fingerprint density at radius 3 is 2.10 bits per heavy atom. The highest BCUT2D eigenvalue weighted by Crippen LogP contribution is 2.29. The van der Waals surface area contributed by atoms with Crippen LogP contribution in [0.15, 0.2) is 97.2 Å². The van der Waals surface area contributed by atoms with E-state index < -0.39 is 0 Å². The number of benzene rings is 3. The van der Waals surface area contributed by atoms with Crippen LogP contribution in [0.2, 0.25) is 10.0 Å². The molecule has 1 saturated heterocycles. The lowest BCUT2D eigenvalue weighted by atomic mass is 10.1. The van der Waals surface area contributed by atoms with Crippen LogP contribution in [0.3, 0.4) is 0 Å². The molecule has 8 heteroatoms. The van der Waals surface area contributed by atoms with Gasteiger partial charge in [-0.1, -0.05) is 65.7 Å². The number of hydrogen-bond donors (Lipinski definition) is 0. The number of fused-ring (bicyclic) bond motifs is 1. The summed E-state index contributed by atoms with van der Waals surface area (Å²) in [4.78, 5) is 22.1. The van der Waals surface area contributed by atoms with Crippen molar-refractivity contribution in [2.24, 2.45) is 0 Å². The van der Waals surface area contributed by atoms with Gasteiger partial charge in [0, 0.05) is 54.5 Å². The zero-order valence-electron chi connectivity index (χ0n) is 21.8. The van der Waals surface area contributed by atoms with Crippen molar-refractivity contribution < 1.29 is 9.53 Å². The van der Waals surface area contributed by atoms with Gasteiger partial charge in [0.1, 0.15) is 11.4 Å². The van der Waals surface area contributed by atoms with Crippen molar-refractivity contribution >= 4 is 34.8 Å². The Labute approximate surface area is 243 Å². The number of carbonyl (C=O) groups excluding carboxylic acids is 1. The molecule has 0 atom stereocenters. The molecule has 0 unspecified atom stereocenters. The van der Waals surface area contributed by atoms with E-state index in [4.69, 9.17) is 32.9 Å². The monoisotopic (exact) mass is 570 g/mol. The van der Waals surface area contributed by atoms with Crippen molar-refractivity contribution in [2.45, 2.75) is 6.54 Å². The number of ether oxygens (including phenoxy) is 1. The first-order valence-electron chi connectivity index (χ1n) is 13.2. The normalized spacial score (nSPS) is 14.0. The molecule has 0 saturated carbocycles. The molecule has 3 heterocycles. The van der Waals surface area contributed by atoms with Gasteiger partial charge in [0.05, 0.1) is 11.4 Å². The van der Waals surface area contributed by atoms with Gasteiger partial charge in [0.25, 0.3) is 5.91 Å². The molecule has 5 aromatic rings. The zero-order valence-corrected chi connectivity index (χ0v) is 23.4. The van der Waals surface area contributed by atoms with E-state index in [2.05, 4.69) is 51.9 Å². The Morgan fingerprint density at radius 2 is 1.40 bits per heavy atom. The van der Waals surface area contributed by atoms with Gasteiger partial charge < -0.3 is 14.0 Å². The number of rotatable bonds is 7. The Balaban J connectivity index is 1.20. The second kappa shape index (κ2) is 11.7. The van der Waals surface area contributed by atoms with Crippen molar-refractivity contribution in [1.29, 1.82) is 0 Å². The molecule has 0 N–H and O–H groups in total. The molecule has 0 spiro atoms. The maximum absolute atomic E-state index is 12.8. The van der Waals surface area contributed by atoms with Crippen molar-refractivity contribution in [3.05, 3.63) is 113 Å². The summed E-state index contributed by atoms with van der Waals surface area (Å²) >= 11 is 12.1. The summed E-state index contributed by atoms with van der Waals surface area (Å²) in [6.07, 6.45) is 2.17. The molecule has 0 radical (unpaired) electrons. The minimum atomic E-state index is -0.0150. The molecule has 1 amide bonds. The second-order valence-corrected chi connectivity index (χ2v) is 10.7. The lowest BCUT2D eigenvalue weighted by Crippen LogP contribution is -2.49. The highest BCUT2D eigenvalue weighted by Gasteiger charge is 2.24. The smallest absolute Gasteiger partial charge is 0.260 e. The highest BCUT2D eigenvalue weighted by molar-refractivity contribution is 6.30. The van der Waals surface area contributed by atoms with Crippen LogP contribution in [-0.2, 0) is 11.3 Å². The van der Waals surface area contributed by atoms with Crippen LogP contribution in [0, 0.1) is 0 Å². The van der Waals surface area contributed by atoms with E-state index in [-0.39, 0.29) is 12.5 Å². The molecule has 0 bridgehead atoms. The van der Waals surface area contributed by atoms with Gasteiger partial charge in [-0.25, -0.2) is 4.98 Å². The van der Waals surface area contributed by atoms with Crippen LogP contribution < -0.4 is 4.74 Å². The van der Waals surface area contributed by atoms with E-state index >= 15 is 0 Å². The molecule has 1 aliphatic heterocycles. The minimum Gasteiger partial charge on any atom is -0.484 e. The van der Waals surface area contributed by atoms with Crippen molar-refractivity contribution in [1.82, 2.24) is 19.2 Å². The van der Waals surface area contributed by atoms with Gasteiger partial charge >= 0.3 is 0 Å². The van der Waals surface area contributed by atoms with Gasteiger partial charge in [-0.15, -0.1) is 0 Å². The number of amides is 1. The van der Waals surface area contributed by atoms with Crippen LogP contribution in [-0.4, -0.2) is 57.9 Å². The molecule has 1 fully saturated rings. The average Bonchev–Trinajstić information content (AvgIpc) is 3.35. The third kappa shape index (κ3) is 5.85. The molecule has 6 nitrogen and oxygen atoms in total. The molecule has 202 valence electrons. The summed E-state index contributed by atoms with van der Waals surface area (Å²) in [5.74, 6) is 0.618. The summed E-state index contributed by atoms with van der Waals surface area (Å²) in [5, 5.41) is 1.33. The standard InChI is InChI=1S/C32H28Cl2N4O2/c33-26-9-6-24(7-10-26)32-29(38-20-25(8-15-30(38)35-32)23-4-2-1-3-5-23)21-36-16-18-37(19-17-36)31(39)22-40-28-13-11-27(34)12-14-28/h1-15,20H,16-19,21-22H2. The zero-order chi connectivity index (χ0) is 27.5. The van der Waals surface area contributed by atoms with Crippen molar-refractivity contribution in [3.8, 4) is 28.1 Å². The van der Waals surface area contributed by atoms with E-state index in [1.54, 1.807) is 24.3 Å². The minimum absolute atomic E-state index is 0.0118. The number of imidazole rings is 1. The molecular formula is C32H28Cl2N4O2. The SMILES string of the molecule is O=C(COc1ccc(Cl)cc1)N1CCN(Cc2c(-c3ccc(Cl)cc3)nc3ccc(-c4ccccc4)cn23)CC1. The van der Waals surface area contributed by atoms with E-state index in [9.17, 15) is 4.79 Å². The second-order valence-electron chi connectivity index (χ2n) is 9.83. The largest absolute Gasteiger partial charge is 0.484 e. The number of nitrogens with zero attached hydrogens (tertiary/aromatic N) is 4. The fourth-order valence-corrected chi connectivity index (χ4v) is 5.27. The average molecular weight is 572 g/mol. The van der Waals surface area contributed by atoms with Crippen LogP contribution in [0.4, 0.5) is 0 Å². The molecule has 2 aromatic heterocycles. The number of aromatic nitrogens is 2. The summed E-state index contributed by atoms with van der Waals surface area (Å²) in [5.41, 5.74) is 6.26. The number of hydrogen-bond acceptors (Lipinski definition) is 4. The maximum Gasteiger partial charge on any atom is 0.260 e. The first-order chi connectivity index (χ1) is 19.5. The first kappa shape index (κ1) is 26.4. The van der Waals surface area contributed by atoms with Gasteiger partial charge in [-0.05, 0) is 59.7 Å². The maximum atomic E-state index is 12.8. The third-order valence-electron chi connectivity index (χ3n) is 7.22. The topological polar surface area (TPSA) is 50.1 Å². The summed E-state index contributed by atoms with van der Waals surface area (Å²) < 4.78 is 7.87. The summed E-state index contributed by atoms with van der Waals surface area (Å²) in [6, 6.07) is 29.4. The van der Waals surface area contributed by atoms with Gasteiger partial charge in [-0.2, -0.15) is 0 Å². The quantitative estimate of drug-likeness (QED) is 0.218. The third-order valence-corrected chi connectivity index (χ3v) is 7.72. The number of halogens is 2. The van der Waals surface area contributed by atoms with Crippen LogP contribution in [0.25, 0.3) is 28.0 Å². The number of carbonyl (C=O) groups is 1. The first-order valence-corrected chi connectivity index (χ1v) is 14.0. The molecular weight excluding hydrogens is 543 g/mol. The Bertz CT molecular complexity index is 1610. The van der Waals surface area contributed by atoms with Crippen LogP contribution >= 0.6 is 23.2 Å². The molecule has 6 rings (SSSR count). The Kier molecular flexibility index (Phi) is 7.73. The summed E-state index contributed by atoms with van der Waals surface area (Å²) in [6.45, 7) is 3.53. The van der Waals surface area contributed by atoms with E-state index in [1.165, 1.54) is 0 Å². The Hall–Kier alpha value is -3.84. The Morgan fingerprint density at radius 1 is 0.750 bits per heavy atom. The van der Waals surface area contributed by atoms with Gasteiger partial charge in [0.2, 0.25) is 0 Å². The lowest BCUT2D eigenvalue weighted by Gasteiger charge is -2.34. The fraction of sp³-hybridized carbons (Fsp3) is 0.188. The molecule has 3 aromatic carbocycles. The summed E-state index contributed by atoms with van der Waals surface area (Å²) in [7, 11) is 0. The van der Waals surface area contributed by atoms with Crippen molar-refractivity contribution in [2.75, 3.05) is 32.8 Å². The highest BCUT2D eigenvalue weighted by atomic mass is 35.5. The van der Waals surface area contributed by atoms with Gasteiger partial charge in [0.15, 0.2) is 6.61 Å². The van der Waals surface area contributed by atoms with Crippen LogP contribution in [0.5, 0.6) is 5.75 Å². The number of pyridine rings is 1. The fourth-order valence-electron chi connectivity index (χ4n) is 5.02. The van der Waals surface area contributed by atoms with E-state index in [1.807, 2.05) is 35.2 Å². The molecule has 1 aliphatic rings. The van der Waals surface area contributed by atoms with E-state index in [0.717, 1.165) is 46.8 Å². The molecule has 40 heavy (non-hydrogen) atoms. The predicted molar refractivity (Wildman–Crippen MR) is 160 cm³/mol. The van der Waals surface area contributed by atoms with E-state index in [0.29, 0.717) is 35.4 Å². The molecule has 0 aliphatic carbocycles. The number of piperazine rings is 1. The predicted octanol–water partition coefficient (Wildman–Crippen LogP) is 6.70. The van der Waals surface area contributed by atoms with Crippen molar-refractivity contribution in [3.63, 3.8) is 0 Å².